The Bertz CT molecular complexity index is 640. The number of sulfonamides is 1. The average Bonchev–Trinajstić information content (AvgIpc) is 2.53. The van der Waals surface area contributed by atoms with Crippen LogP contribution in [-0.2, 0) is 14.8 Å². The smallest absolute Gasteiger partial charge is 0.246 e. The molecule has 2 rings (SSSR count). The minimum atomic E-state index is -3.58. The maximum absolute atomic E-state index is 12.9. The molecule has 128 valence electrons. The topological polar surface area (TPSA) is 57.7 Å². The van der Waals surface area contributed by atoms with E-state index in [-0.39, 0.29) is 5.91 Å². The second kappa shape index (κ2) is 7.53. The third-order valence-corrected chi connectivity index (χ3v) is 5.49. The van der Waals surface area contributed by atoms with E-state index in [0.29, 0.717) is 30.2 Å². The molecule has 1 aromatic rings. The number of amides is 1. The van der Waals surface area contributed by atoms with Crippen molar-refractivity contribution in [3.05, 3.63) is 29.3 Å². The summed E-state index contributed by atoms with van der Waals surface area (Å²) in [4.78, 5) is 14.6. The van der Waals surface area contributed by atoms with E-state index in [2.05, 4.69) is 0 Å². The summed E-state index contributed by atoms with van der Waals surface area (Å²) in [6, 6.07) is 5.81. The first-order chi connectivity index (χ1) is 10.8. The van der Waals surface area contributed by atoms with Crippen molar-refractivity contribution in [2.75, 3.05) is 23.7 Å². The van der Waals surface area contributed by atoms with Gasteiger partial charge in [0, 0.05) is 18.1 Å². The Morgan fingerprint density at radius 1 is 1.22 bits per heavy atom. The van der Waals surface area contributed by atoms with E-state index in [9.17, 15) is 13.2 Å². The number of halogens is 1. The third kappa shape index (κ3) is 4.38. The van der Waals surface area contributed by atoms with E-state index in [1.54, 1.807) is 29.2 Å². The second-order valence-corrected chi connectivity index (χ2v) is 8.14. The molecule has 1 aliphatic heterocycles. The van der Waals surface area contributed by atoms with Crippen molar-refractivity contribution in [3.63, 3.8) is 0 Å². The summed E-state index contributed by atoms with van der Waals surface area (Å²) in [6.07, 6.45) is 4.62. The van der Waals surface area contributed by atoms with Gasteiger partial charge >= 0.3 is 0 Å². The lowest BCUT2D eigenvalue weighted by molar-refractivity contribution is -0.133. The van der Waals surface area contributed by atoms with Gasteiger partial charge in [-0.25, -0.2) is 8.42 Å². The minimum absolute atomic E-state index is 0.118. The van der Waals surface area contributed by atoms with Crippen molar-refractivity contribution in [2.45, 2.75) is 38.6 Å². The van der Waals surface area contributed by atoms with Gasteiger partial charge in [-0.1, -0.05) is 18.5 Å². The maximum Gasteiger partial charge on any atom is 0.246 e. The molecule has 0 spiro atoms. The van der Waals surface area contributed by atoms with E-state index in [4.69, 9.17) is 11.6 Å². The number of hydrogen-bond donors (Lipinski definition) is 0. The molecule has 0 aromatic heterocycles. The second-order valence-electron chi connectivity index (χ2n) is 5.85. The molecular weight excluding hydrogens is 336 g/mol. The van der Waals surface area contributed by atoms with Crippen LogP contribution in [-0.4, -0.2) is 44.6 Å². The monoisotopic (exact) mass is 358 g/mol. The van der Waals surface area contributed by atoms with E-state index in [0.717, 1.165) is 25.5 Å². The first-order valence-electron chi connectivity index (χ1n) is 7.88. The molecule has 0 N–H and O–H groups in total. The molecule has 5 nitrogen and oxygen atoms in total. The van der Waals surface area contributed by atoms with Crippen LogP contribution in [0, 0.1) is 0 Å². The van der Waals surface area contributed by atoms with Crippen LogP contribution >= 0.6 is 11.6 Å². The standard InChI is InChI=1S/C16H23ClN2O3S/c1-3-15(16(20)18-11-5-4-6-12-18)19(23(2,21)22)14-9-7-13(17)8-10-14/h7-10,15H,3-6,11-12H2,1-2H3/t15-/m1/s1. The zero-order valence-electron chi connectivity index (χ0n) is 13.5. The van der Waals surface area contributed by atoms with Gasteiger partial charge in [-0.2, -0.15) is 0 Å². The molecule has 1 aromatic carbocycles. The number of piperidine rings is 1. The van der Waals surface area contributed by atoms with Crippen LogP contribution in [0.4, 0.5) is 5.69 Å². The van der Waals surface area contributed by atoms with Gasteiger partial charge in [-0.15, -0.1) is 0 Å². The fourth-order valence-corrected chi connectivity index (χ4v) is 4.29. The van der Waals surface area contributed by atoms with Gasteiger partial charge in [0.25, 0.3) is 0 Å². The summed E-state index contributed by atoms with van der Waals surface area (Å²) < 4.78 is 25.9. The zero-order chi connectivity index (χ0) is 17.0. The van der Waals surface area contributed by atoms with E-state index in [1.165, 1.54) is 4.31 Å². The first kappa shape index (κ1) is 18.1. The average molecular weight is 359 g/mol. The Kier molecular flexibility index (Phi) is 5.92. The van der Waals surface area contributed by atoms with Gasteiger partial charge < -0.3 is 4.90 Å². The highest BCUT2D eigenvalue weighted by Gasteiger charge is 2.34. The van der Waals surface area contributed by atoms with Gasteiger partial charge in [-0.3, -0.25) is 9.10 Å². The predicted octanol–water partition coefficient (Wildman–Crippen LogP) is 2.90. The van der Waals surface area contributed by atoms with Gasteiger partial charge in [-0.05, 0) is 49.9 Å². The summed E-state index contributed by atoms with van der Waals surface area (Å²) in [5, 5.41) is 0.526. The summed E-state index contributed by atoms with van der Waals surface area (Å²) in [5.74, 6) is -0.118. The third-order valence-electron chi connectivity index (χ3n) is 4.06. The van der Waals surface area contributed by atoms with E-state index >= 15 is 0 Å². The van der Waals surface area contributed by atoms with Crippen molar-refractivity contribution in [1.82, 2.24) is 4.90 Å². The van der Waals surface area contributed by atoms with Gasteiger partial charge in [0.05, 0.1) is 11.9 Å². The highest BCUT2D eigenvalue weighted by molar-refractivity contribution is 7.92. The van der Waals surface area contributed by atoms with Crippen LogP contribution in [0.15, 0.2) is 24.3 Å². The lowest BCUT2D eigenvalue weighted by Gasteiger charge is -2.35. The van der Waals surface area contributed by atoms with Crippen LogP contribution in [0.3, 0.4) is 0 Å². The molecule has 1 fully saturated rings. The van der Waals surface area contributed by atoms with Crippen LogP contribution in [0.5, 0.6) is 0 Å². The number of carbonyl (C=O) groups excluding carboxylic acids is 1. The van der Waals surface area contributed by atoms with Crippen molar-refractivity contribution in [2.24, 2.45) is 0 Å². The van der Waals surface area contributed by atoms with Crippen molar-refractivity contribution in [1.29, 1.82) is 0 Å². The molecule has 23 heavy (non-hydrogen) atoms. The molecule has 1 aliphatic rings. The highest BCUT2D eigenvalue weighted by atomic mass is 35.5. The van der Waals surface area contributed by atoms with Crippen molar-refractivity contribution in [3.8, 4) is 0 Å². The fourth-order valence-electron chi connectivity index (χ4n) is 2.96. The van der Waals surface area contributed by atoms with Crippen LogP contribution in [0.2, 0.25) is 5.02 Å². The Labute approximate surface area is 143 Å². The van der Waals surface area contributed by atoms with Crippen molar-refractivity contribution >= 4 is 33.2 Å². The molecule has 1 amide bonds. The highest BCUT2D eigenvalue weighted by Crippen LogP contribution is 2.25. The number of nitrogens with zero attached hydrogens (tertiary/aromatic N) is 2. The molecule has 0 bridgehead atoms. The minimum Gasteiger partial charge on any atom is -0.341 e. The zero-order valence-corrected chi connectivity index (χ0v) is 15.1. The SMILES string of the molecule is CC[C@H](C(=O)N1CCCCC1)N(c1ccc(Cl)cc1)S(C)(=O)=O. The summed E-state index contributed by atoms with van der Waals surface area (Å²) in [7, 11) is -3.58. The lowest BCUT2D eigenvalue weighted by atomic mass is 10.1. The van der Waals surface area contributed by atoms with Crippen LogP contribution in [0.1, 0.15) is 32.6 Å². The quantitative estimate of drug-likeness (QED) is 0.813. The van der Waals surface area contributed by atoms with E-state index < -0.39 is 16.1 Å². The molecule has 0 aliphatic carbocycles. The Morgan fingerprint density at radius 3 is 2.26 bits per heavy atom. The molecule has 7 heteroatoms. The molecule has 1 heterocycles. The van der Waals surface area contributed by atoms with Gasteiger partial charge in [0.15, 0.2) is 0 Å². The first-order valence-corrected chi connectivity index (χ1v) is 10.1. The van der Waals surface area contributed by atoms with Gasteiger partial charge in [0.1, 0.15) is 6.04 Å². The number of hydrogen-bond acceptors (Lipinski definition) is 3. The summed E-state index contributed by atoms with van der Waals surface area (Å²) >= 11 is 5.89. The maximum atomic E-state index is 12.9. The number of benzene rings is 1. The van der Waals surface area contributed by atoms with Crippen LogP contribution in [0.25, 0.3) is 0 Å². The van der Waals surface area contributed by atoms with Gasteiger partial charge in [0.2, 0.25) is 15.9 Å². The fraction of sp³-hybridized carbons (Fsp3) is 0.562. The Balaban J connectivity index is 2.35. The Hall–Kier alpha value is -1.27. The molecule has 0 radical (unpaired) electrons. The summed E-state index contributed by atoms with van der Waals surface area (Å²) in [5.41, 5.74) is 0.467. The Morgan fingerprint density at radius 2 is 1.78 bits per heavy atom. The molecular formula is C16H23ClN2O3S. The molecule has 0 saturated carbocycles. The summed E-state index contributed by atoms with van der Waals surface area (Å²) in [6.45, 7) is 3.24. The number of rotatable bonds is 5. The van der Waals surface area contributed by atoms with Crippen LogP contribution < -0.4 is 4.31 Å². The molecule has 1 saturated heterocycles. The largest absolute Gasteiger partial charge is 0.341 e. The lowest BCUT2D eigenvalue weighted by Crippen LogP contribution is -2.51. The predicted molar refractivity (Wildman–Crippen MR) is 93.3 cm³/mol. The van der Waals surface area contributed by atoms with E-state index in [1.807, 2.05) is 6.92 Å². The molecule has 1 atom stereocenters. The number of likely N-dealkylation sites (tertiary alicyclic amines) is 1. The number of carbonyl (C=O) groups is 1. The van der Waals surface area contributed by atoms with Crippen molar-refractivity contribution < 1.29 is 13.2 Å². The normalized spacial score (nSPS) is 16.9. The molecule has 0 unspecified atom stereocenters. The number of anilines is 1.